The van der Waals surface area contributed by atoms with Crippen molar-refractivity contribution in [3.63, 3.8) is 0 Å². The Bertz CT molecular complexity index is 665. The largest absolute Gasteiger partial charge is 0.493 e. The van der Waals surface area contributed by atoms with Gasteiger partial charge in [-0.1, -0.05) is 19.1 Å². The zero-order valence-electron chi connectivity index (χ0n) is 12.5. The molecule has 0 aliphatic rings. The van der Waals surface area contributed by atoms with Crippen LogP contribution in [0.15, 0.2) is 35.1 Å². The molecule has 0 spiro atoms. The van der Waals surface area contributed by atoms with Crippen molar-refractivity contribution < 1.29 is 4.74 Å². The van der Waals surface area contributed by atoms with E-state index in [9.17, 15) is 4.79 Å². The van der Waals surface area contributed by atoms with E-state index < -0.39 is 0 Å². The van der Waals surface area contributed by atoms with Crippen LogP contribution in [-0.4, -0.2) is 16.4 Å². The SMILES string of the molecule is CCCn1nc(-c2ccccc2OCC)cc(CN)c1=O. The molecule has 0 aliphatic carbocycles. The van der Waals surface area contributed by atoms with Gasteiger partial charge in [-0.05, 0) is 31.5 Å². The van der Waals surface area contributed by atoms with Gasteiger partial charge in [0, 0.05) is 24.2 Å². The summed E-state index contributed by atoms with van der Waals surface area (Å²) in [4.78, 5) is 12.2. The fourth-order valence-corrected chi connectivity index (χ4v) is 2.20. The van der Waals surface area contributed by atoms with Crippen molar-refractivity contribution in [3.05, 3.63) is 46.2 Å². The van der Waals surface area contributed by atoms with Crippen LogP contribution in [-0.2, 0) is 13.1 Å². The van der Waals surface area contributed by atoms with Crippen LogP contribution in [0.25, 0.3) is 11.3 Å². The minimum absolute atomic E-state index is 0.114. The summed E-state index contributed by atoms with van der Waals surface area (Å²) in [6.45, 7) is 5.31. The quantitative estimate of drug-likeness (QED) is 0.884. The number of hydrogen-bond donors (Lipinski definition) is 1. The first-order valence-electron chi connectivity index (χ1n) is 7.24. The van der Waals surface area contributed by atoms with Crippen molar-refractivity contribution in [3.8, 4) is 17.0 Å². The van der Waals surface area contributed by atoms with Gasteiger partial charge in [0.1, 0.15) is 5.75 Å². The molecule has 1 aromatic heterocycles. The van der Waals surface area contributed by atoms with Gasteiger partial charge in [0.05, 0.1) is 12.3 Å². The summed E-state index contributed by atoms with van der Waals surface area (Å²) in [6.07, 6.45) is 0.841. The molecule has 0 unspecified atom stereocenters. The van der Waals surface area contributed by atoms with Crippen LogP contribution >= 0.6 is 0 Å². The van der Waals surface area contributed by atoms with Gasteiger partial charge in [0.15, 0.2) is 0 Å². The minimum atomic E-state index is -0.114. The van der Waals surface area contributed by atoms with Gasteiger partial charge in [-0.3, -0.25) is 4.79 Å². The predicted octanol–water partition coefficient (Wildman–Crippen LogP) is 2.18. The average molecular weight is 287 g/mol. The summed E-state index contributed by atoms with van der Waals surface area (Å²) in [5, 5.41) is 4.45. The second kappa shape index (κ2) is 7.04. The maximum atomic E-state index is 12.2. The summed E-state index contributed by atoms with van der Waals surface area (Å²) in [5.74, 6) is 0.761. The van der Waals surface area contributed by atoms with E-state index in [0.717, 1.165) is 17.7 Å². The molecule has 21 heavy (non-hydrogen) atoms. The molecule has 0 saturated heterocycles. The van der Waals surface area contributed by atoms with E-state index >= 15 is 0 Å². The molecule has 2 aromatic rings. The third-order valence-corrected chi connectivity index (χ3v) is 3.17. The number of rotatable bonds is 6. The number of ether oxygens (including phenoxy) is 1. The van der Waals surface area contributed by atoms with E-state index in [1.54, 1.807) is 6.07 Å². The zero-order valence-corrected chi connectivity index (χ0v) is 12.5. The maximum absolute atomic E-state index is 12.2. The van der Waals surface area contributed by atoms with Gasteiger partial charge < -0.3 is 10.5 Å². The van der Waals surface area contributed by atoms with E-state index in [1.807, 2.05) is 38.1 Å². The summed E-state index contributed by atoms with van der Waals surface area (Å²) >= 11 is 0. The van der Waals surface area contributed by atoms with Crippen LogP contribution in [0.1, 0.15) is 25.8 Å². The molecular formula is C16H21N3O2. The van der Waals surface area contributed by atoms with Gasteiger partial charge in [0.25, 0.3) is 5.56 Å². The highest BCUT2D eigenvalue weighted by Crippen LogP contribution is 2.28. The van der Waals surface area contributed by atoms with Crippen LogP contribution < -0.4 is 16.0 Å². The second-order valence-corrected chi connectivity index (χ2v) is 4.72. The molecule has 2 rings (SSSR count). The summed E-state index contributed by atoms with van der Waals surface area (Å²) in [5.41, 5.74) is 7.73. The molecule has 5 heteroatoms. The monoisotopic (exact) mass is 287 g/mol. The average Bonchev–Trinajstić information content (AvgIpc) is 2.50. The van der Waals surface area contributed by atoms with E-state index in [1.165, 1.54) is 4.68 Å². The van der Waals surface area contributed by atoms with Crippen LogP contribution in [0.2, 0.25) is 0 Å². The van der Waals surface area contributed by atoms with Crippen LogP contribution in [0, 0.1) is 0 Å². The fraction of sp³-hybridized carbons (Fsp3) is 0.375. The van der Waals surface area contributed by atoms with Gasteiger partial charge in [-0.25, -0.2) is 4.68 Å². The number of aromatic nitrogens is 2. The third-order valence-electron chi connectivity index (χ3n) is 3.17. The highest BCUT2D eigenvalue weighted by atomic mass is 16.5. The number of para-hydroxylation sites is 1. The number of aryl methyl sites for hydroxylation is 1. The lowest BCUT2D eigenvalue weighted by molar-refractivity contribution is 0.341. The fourth-order valence-electron chi connectivity index (χ4n) is 2.20. The topological polar surface area (TPSA) is 70.1 Å². The van der Waals surface area contributed by atoms with Crippen LogP contribution in [0.5, 0.6) is 5.75 Å². The first kappa shape index (κ1) is 15.3. The van der Waals surface area contributed by atoms with Gasteiger partial charge >= 0.3 is 0 Å². The maximum Gasteiger partial charge on any atom is 0.271 e. The van der Waals surface area contributed by atoms with E-state index in [-0.39, 0.29) is 12.1 Å². The van der Waals surface area contributed by atoms with Gasteiger partial charge in [0.2, 0.25) is 0 Å². The molecule has 0 aliphatic heterocycles. The number of benzene rings is 1. The second-order valence-electron chi connectivity index (χ2n) is 4.72. The number of nitrogens with two attached hydrogens (primary N) is 1. The molecule has 2 N–H and O–H groups in total. The van der Waals surface area contributed by atoms with Gasteiger partial charge in [-0.15, -0.1) is 0 Å². The Kier molecular flexibility index (Phi) is 5.11. The Hall–Kier alpha value is -2.14. The van der Waals surface area contributed by atoms with E-state index in [4.69, 9.17) is 10.5 Å². The Morgan fingerprint density at radius 3 is 2.71 bits per heavy atom. The zero-order chi connectivity index (χ0) is 15.2. The van der Waals surface area contributed by atoms with Crippen molar-refractivity contribution in [2.24, 2.45) is 5.73 Å². The Balaban J connectivity index is 2.58. The van der Waals surface area contributed by atoms with Crippen molar-refractivity contribution >= 4 is 0 Å². The number of hydrogen-bond acceptors (Lipinski definition) is 4. The lowest BCUT2D eigenvalue weighted by atomic mass is 10.1. The molecule has 112 valence electrons. The summed E-state index contributed by atoms with van der Waals surface area (Å²) in [7, 11) is 0. The van der Waals surface area contributed by atoms with E-state index in [0.29, 0.717) is 24.4 Å². The molecule has 5 nitrogen and oxygen atoms in total. The predicted molar refractivity (Wildman–Crippen MR) is 83.3 cm³/mol. The molecule has 0 fully saturated rings. The molecule has 0 radical (unpaired) electrons. The lowest BCUT2D eigenvalue weighted by Gasteiger charge is -2.12. The van der Waals surface area contributed by atoms with Crippen molar-refractivity contribution in [2.75, 3.05) is 6.61 Å². The Morgan fingerprint density at radius 2 is 2.05 bits per heavy atom. The molecule has 0 bridgehead atoms. The smallest absolute Gasteiger partial charge is 0.271 e. The number of nitrogens with zero attached hydrogens (tertiary/aromatic N) is 2. The standard InChI is InChI=1S/C16H21N3O2/c1-3-9-19-16(20)12(11-17)10-14(18-19)13-7-5-6-8-15(13)21-4-2/h5-8,10H,3-4,9,11,17H2,1-2H3. The van der Waals surface area contributed by atoms with Crippen molar-refractivity contribution in [1.82, 2.24) is 9.78 Å². The van der Waals surface area contributed by atoms with Gasteiger partial charge in [-0.2, -0.15) is 5.10 Å². The van der Waals surface area contributed by atoms with Crippen LogP contribution in [0.3, 0.4) is 0 Å². The summed E-state index contributed by atoms with van der Waals surface area (Å²) in [6, 6.07) is 9.44. The lowest BCUT2D eigenvalue weighted by Crippen LogP contribution is -2.28. The molecule has 0 atom stereocenters. The normalized spacial score (nSPS) is 10.6. The minimum Gasteiger partial charge on any atom is -0.493 e. The highest BCUT2D eigenvalue weighted by Gasteiger charge is 2.12. The molecule has 0 amide bonds. The van der Waals surface area contributed by atoms with E-state index in [2.05, 4.69) is 5.10 Å². The van der Waals surface area contributed by atoms with Crippen LogP contribution in [0.4, 0.5) is 0 Å². The van der Waals surface area contributed by atoms with Crippen molar-refractivity contribution in [2.45, 2.75) is 33.4 Å². The highest BCUT2D eigenvalue weighted by molar-refractivity contribution is 5.67. The summed E-state index contributed by atoms with van der Waals surface area (Å²) < 4.78 is 7.12. The molecule has 0 saturated carbocycles. The molecule has 1 heterocycles. The van der Waals surface area contributed by atoms with Crippen molar-refractivity contribution in [1.29, 1.82) is 0 Å². The first-order chi connectivity index (χ1) is 10.2. The first-order valence-corrected chi connectivity index (χ1v) is 7.24. The Morgan fingerprint density at radius 1 is 1.29 bits per heavy atom. The molecular weight excluding hydrogens is 266 g/mol. The third kappa shape index (κ3) is 3.31. The molecule has 1 aromatic carbocycles. The Labute approximate surface area is 124 Å².